The quantitative estimate of drug-likeness (QED) is 0.166. The molecule has 238 valence electrons. The van der Waals surface area contributed by atoms with Gasteiger partial charge in [0.2, 0.25) is 0 Å². The minimum atomic E-state index is 1.23. The highest BCUT2D eigenvalue weighted by Gasteiger charge is 2.18. The van der Waals surface area contributed by atoms with Crippen LogP contribution in [0.2, 0.25) is 0 Å². The maximum Gasteiger partial charge on any atom is -0.00206 e. The molecule has 12 rings (SSSR count). The second kappa shape index (κ2) is 10.4. The number of fused-ring (bicyclic) bond motifs is 3. The first-order chi connectivity index (χ1) is 25.8. The molecule has 0 bridgehead atoms. The van der Waals surface area contributed by atoms with Crippen molar-refractivity contribution < 1.29 is 0 Å². The van der Waals surface area contributed by atoms with Crippen LogP contribution in [0.5, 0.6) is 0 Å². The van der Waals surface area contributed by atoms with Crippen molar-refractivity contribution in [3.63, 3.8) is 0 Å². The van der Waals surface area contributed by atoms with E-state index in [1.807, 2.05) is 0 Å². The second-order valence-electron chi connectivity index (χ2n) is 14.4. The Labute approximate surface area is 300 Å². The van der Waals surface area contributed by atoms with Crippen molar-refractivity contribution in [1.82, 2.24) is 0 Å². The molecule has 12 aromatic carbocycles. The summed E-state index contributed by atoms with van der Waals surface area (Å²) in [5, 5.41) is 20.8. The molecule has 0 unspecified atom stereocenters. The topological polar surface area (TPSA) is 0 Å². The molecule has 0 aliphatic heterocycles. The van der Waals surface area contributed by atoms with Crippen molar-refractivity contribution in [1.29, 1.82) is 0 Å². The summed E-state index contributed by atoms with van der Waals surface area (Å²) in [6, 6.07) is 68.4. The Kier molecular flexibility index (Phi) is 5.59. The molecule has 0 aliphatic carbocycles. The third-order valence-electron chi connectivity index (χ3n) is 11.7. The Hall–Kier alpha value is -6.76. The van der Waals surface area contributed by atoms with Gasteiger partial charge in [0, 0.05) is 0 Å². The molecule has 0 heterocycles. The van der Waals surface area contributed by atoms with E-state index in [9.17, 15) is 0 Å². The lowest BCUT2D eigenvalue weighted by molar-refractivity contribution is 1.62. The molecule has 0 atom stereocenters. The smallest absolute Gasteiger partial charge is 0.00206 e. The van der Waals surface area contributed by atoms with Crippen LogP contribution in [0.15, 0.2) is 182 Å². The highest BCUT2D eigenvalue weighted by atomic mass is 14.2. The predicted molar refractivity (Wildman–Crippen MR) is 225 cm³/mol. The lowest BCUT2D eigenvalue weighted by atomic mass is 9.85. The summed E-state index contributed by atoms with van der Waals surface area (Å²) < 4.78 is 0. The van der Waals surface area contributed by atoms with Gasteiger partial charge in [-0.3, -0.25) is 0 Å². The molecule has 0 aromatic heterocycles. The summed E-state index contributed by atoms with van der Waals surface area (Å²) in [6.45, 7) is 0. The molecule has 0 radical (unpaired) electrons. The van der Waals surface area contributed by atoms with Crippen LogP contribution in [0.25, 0.3) is 120 Å². The zero-order chi connectivity index (χ0) is 33.9. The number of hydrogen-bond acceptors (Lipinski definition) is 0. The van der Waals surface area contributed by atoms with Crippen LogP contribution < -0.4 is 0 Å². The van der Waals surface area contributed by atoms with Gasteiger partial charge in [0.15, 0.2) is 0 Å². The fraction of sp³-hybridized carbons (Fsp3) is 0. The van der Waals surface area contributed by atoms with Crippen LogP contribution in [0.3, 0.4) is 0 Å². The Morgan fingerprint density at radius 3 is 1.12 bits per heavy atom. The summed E-state index contributed by atoms with van der Waals surface area (Å²) in [4.78, 5) is 0. The van der Waals surface area contributed by atoms with E-state index in [4.69, 9.17) is 0 Å². The summed E-state index contributed by atoms with van der Waals surface area (Å²) in [5.41, 5.74) is 7.47. The highest BCUT2D eigenvalue weighted by molar-refractivity contribution is 6.27. The van der Waals surface area contributed by atoms with E-state index in [1.54, 1.807) is 0 Å². The van der Waals surface area contributed by atoms with Gasteiger partial charge >= 0.3 is 0 Å². The van der Waals surface area contributed by atoms with Gasteiger partial charge in [-0.05, 0) is 144 Å². The van der Waals surface area contributed by atoms with Crippen LogP contribution in [0, 0.1) is 0 Å². The second-order valence-corrected chi connectivity index (χ2v) is 14.4. The van der Waals surface area contributed by atoms with Gasteiger partial charge in [-0.25, -0.2) is 0 Å². The third-order valence-corrected chi connectivity index (χ3v) is 11.7. The first-order valence-corrected chi connectivity index (χ1v) is 18.2. The monoisotopic (exact) mass is 654 g/mol. The molecule has 0 saturated carbocycles. The summed E-state index contributed by atoms with van der Waals surface area (Å²) in [7, 11) is 0. The standard InChI is InChI=1S/C52H30/c1-2-12-41-37(7-1)30-48(45-14-4-3-13-44(41)45)40-28-38(42-23-19-35-17-15-31-8-5-10-33-21-25-46(42)51(35)49(31)33)27-39(29-40)43-24-20-36-18-16-32-9-6-11-34-22-26-47(43)52(36)50(32)34/h1-30H. The first-order valence-electron chi connectivity index (χ1n) is 18.2. The molecule has 12 aromatic rings. The zero-order valence-electron chi connectivity index (χ0n) is 28.3. The van der Waals surface area contributed by atoms with E-state index < -0.39 is 0 Å². The Balaban J connectivity index is 1.20. The number of rotatable bonds is 3. The van der Waals surface area contributed by atoms with Gasteiger partial charge in [-0.1, -0.05) is 158 Å². The molecule has 0 N–H and O–H groups in total. The van der Waals surface area contributed by atoms with Crippen LogP contribution >= 0.6 is 0 Å². The predicted octanol–water partition coefficient (Wildman–Crippen LogP) is 14.8. The van der Waals surface area contributed by atoms with E-state index in [1.165, 1.54) is 120 Å². The summed E-state index contributed by atoms with van der Waals surface area (Å²) in [6.07, 6.45) is 0. The Morgan fingerprint density at radius 1 is 0.192 bits per heavy atom. The van der Waals surface area contributed by atoms with Crippen LogP contribution in [0.1, 0.15) is 0 Å². The molecule has 0 heteroatoms. The zero-order valence-corrected chi connectivity index (χ0v) is 28.3. The fourth-order valence-corrected chi connectivity index (χ4v) is 9.36. The van der Waals surface area contributed by atoms with Gasteiger partial charge in [0.05, 0.1) is 0 Å². The molecule has 0 nitrogen and oxygen atoms in total. The van der Waals surface area contributed by atoms with E-state index >= 15 is 0 Å². The summed E-state index contributed by atoms with van der Waals surface area (Å²) >= 11 is 0. The first kappa shape index (κ1) is 28.0. The SMILES string of the molecule is c1ccc2c(c1)cc(-c1cc(-c3ccc4ccc5cccc6ccc3c4c56)cc(-c3ccc4ccc5cccc6ccc3c4c56)c1)c1ccccc12. The van der Waals surface area contributed by atoms with E-state index in [0.717, 1.165) is 0 Å². The average Bonchev–Trinajstić information content (AvgIpc) is 3.21. The molecule has 0 fully saturated rings. The van der Waals surface area contributed by atoms with Gasteiger partial charge < -0.3 is 0 Å². The Morgan fingerprint density at radius 2 is 0.577 bits per heavy atom. The average molecular weight is 655 g/mol. The van der Waals surface area contributed by atoms with Gasteiger partial charge in [-0.15, -0.1) is 0 Å². The maximum absolute atomic E-state index is 2.44. The minimum Gasteiger partial charge on any atom is -0.0616 e. The van der Waals surface area contributed by atoms with Crippen molar-refractivity contribution in [3.8, 4) is 33.4 Å². The highest BCUT2D eigenvalue weighted by Crippen LogP contribution is 2.45. The maximum atomic E-state index is 2.44. The molecular formula is C52H30. The van der Waals surface area contributed by atoms with Crippen LogP contribution in [-0.4, -0.2) is 0 Å². The van der Waals surface area contributed by atoms with Crippen molar-refractivity contribution in [2.45, 2.75) is 0 Å². The van der Waals surface area contributed by atoms with Gasteiger partial charge in [0.25, 0.3) is 0 Å². The summed E-state index contributed by atoms with van der Waals surface area (Å²) in [5.74, 6) is 0. The van der Waals surface area contributed by atoms with Crippen molar-refractivity contribution in [3.05, 3.63) is 182 Å². The van der Waals surface area contributed by atoms with E-state index in [-0.39, 0.29) is 0 Å². The molecular weight excluding hydrogens is 625 g/mol. The lowest BCUT2D eigenvalue weighted by Gasteiger charge is -2.18. The number of hydrogen-bond donors (Lipinski definition) is 0. The van der Waals surface area contributed by atoms with E-state index in [0.29, 0.717) is 0 Å². The van der Waals surface area contributed by atoms with E-state index in [2.05, 4.69) is 182 Å². The normalized spacial score (nSPS) is 12.2. The molecule has 0 saturated heterocycles. The molecule has 0 amide bonds. The van der Waals surface area contributed by atoms with Crippen molar-refractivity contribution in [2.24, 2.45) is 0 Å². The lowest BCUT2D eigenvalue weighted by Crippen LogP contribution is -1.92. The molecule has 0 spiro atoms. The number of benzene rings is 12. The van der Waals surface area contributed by atoms with Crippen molar-refractivity contribution >= 4 is 86.2 Å². The van der Waals surface area contributed by atoms with Gasteiger partial charge in [0.1, 0.15) is 0 Å². The largest absolute Gasteiger partial charge is 0.0616 e. The minimum absolute atomic E-state index is 1.23. The third kappa shape index (κ3) is 3.87. The van der Waals surface area contributed by atoms with Crippen molar-refractivity contribution in [2.75, 3.05) is 0 Å². The molecule has 52 heavy (non-hydrogen) atoms. The van der Waals surface area contributed by atoms with Crippen LogP contribution in [0.4, 0.5) is 0 Å². The van der Waals surface area contributed by atoms with Crippen LogP contribution in [-0.2, 0) is 0 Å². The Bertz CT molecular complexity index is 3200. The molecule has 0 aliphatic rings. The fourth-order valence-electron chi connectivity index (χ4n) is 9.36. The van der Waals surface area contributed by atoms with Gasteiger partial charge in [-0.2, -0.15) is 0 Å².